The second-order valence-corrected chi connectivity index (χ2v) is 6.80. The zero-order chi connectivity index (χ0) is 19.3. The Kier molecular flexibility index (Phi) is 5.90. The Morgan fingerprint density at radius 3 is 2.46 bits per heavy atom. The van der Waals surface area contributed by atoms with Gasteiger partial charge >= 0.3 is 0 Å². The molecule has 4 rings (SSSR count). The lowest BCUT2D eigenvalue weighted by Gasteiger charge is -2.35. The predicted molar refractivity (Wildman–Crippen MR) is 100 cm³/mol. The summed E-state index contributed by atoms with van der Waals surface area (Å²) in [5.41, 5.74) is 0.800. The van der Waals surface area contributed by atoms with Gasteiger partial charge in [-0.25, -0.2) is 4.39 Å². The zero-order valence-electron chi connectivity index (χ0n) is 15.5. The maximum absolute atomic E-state index is 13.1. The summed E-state index contributed by atoms with van der Waals surface area (Å²) in [4.78, 5) is 16.7. The van der Waals surface area contributed by atoms with Crippen LogP contribution in [0.1, 0.15) is 5.76 Å². The van der Waals surface area contributed by atoms with Gasteiger partial charge in [-0.1, -0.05) is 0 Å². The van der Waals surface area contributed by atoms with Gasteiger partial charge in [-0.05, 0) is 24.3 Å². The Labute approximate surface area is 162 Å². The van der Waals surface area contributed by atoms with Crippen LogP contribution in [-0.4, -0.2) is 57.2 Å². The van der Waals surface area contributed by atoms with Crippen molar-refractivity contribution in [3.63, 3.8) is 0 Å². The van der Waals surface area contributed by atoms with Gasteiger partial charge in [0.2, 0.25) is 11.2 Å². The fraction of sp³-hybridized carbons (Fsp3) is 0.450. The molecule has 2 saturated heterocycles. The zero-order valence-corrected chi connectivity index (χ0v) is 15.5. The molecule has 8 heteroatoms. The van der Waals surface area contributed by atoms with Crippen LogP contribution in [-0.2, 0) is 16.0 Å². The molecule has 0 N–H and O–H groups in total. The number of rotatable bonds is 6. The first-order chi connectivity index (χ1) is 13.7. The lowest BCUT2D eigenvalue weighted by molar-refractivity contribution is -0.0688. The number of hydrogen-bond donors (Lipinski definition) is 0. The van der Waals surface area contributed by atoms with E-state index in [9.17, 15) is 9.18 Å². The van der Waals surface area contributed by atoms with Crippen molar-refractivity contribution in [1.82, 2.24) is 4.90 Å². The molecule has 0 saturated carbocycles. The minimum Gasteiger partial charge on any atom is -0.481 e. The van der Waals surface area contributed by atoms with Crippen molar-refractivity contribution in [2.24, 2.45) is 0 Å². The maximum atomic E-state index is 13.1. The highest BCUT2D eigenvalue weighted by Crippen LogP contribution is 2.18. The van der Waals surface area contributed by atoms with Gasteiger partial charge in [0, 0.05) is 37.9 Å². The van der Waals surface area contributed by atoms with Crippen molar-refractivity contribution < 1.29 is 23.0 Å². The largest absolute Gasteiger partial charge is 0.481 e. The molecule has 2 aromatic rings. The van der Waals surface area contributed by atoms with Crippen molar-refractivity contribution in [1.29, 1.82) is 0 Å². The molecule has 3 heterocycles. The van der Waals surface area contributed by atoms with E-state index in [1.54, 1.807) is 12.1 Å². The van der Waals surface area contributed by atoms with Crippen LogP contribution >= 0.6 is 0 Å². The van der Waals surface area contributed by atoms with Gasteiger partial charge in [0.1, 0.15) is 24.4 Å². The van der Waals surface area contributed by atoms with E-state index in [1.165, 1.54) is 24.5 Å². The lowest BCUT2D eigenvalue weighted by Crippen LogP contribution is -2.46. The first kappa shape index (κ1) is 18.9. The molecule has 0 spiro atoms. The molecule has 28 heavy (non-hydrogen) atoms. The standard InChI is InChI=1S/C20H23FN2O5/c21-15-1-3-16(4-2-15)23-7-5-22(6-8-23)12-17-11-18(24)19(13-27-17)28-14-20-25-9-10-26-20/h1-4,11,13,20H,5-10,12,14H2. The fourth-order valence-corrected chi connectivity index (χ4v) is 3.32. The molecular weight excluding hydrogens is 367 g/mol. The van der Waals surface area contributed by atoms with E-state index in [-0.39, 0.29) is 23.6 Å². The van der Waals surface area contributed by atoms with Gasteiger partial charge in [0.05, 0.1) is 19.8 Å². The summed E-state index contributed by atoms with van der Waals surface area (Å²) >= 11 is 0. The third-order valence-corrected chi connectivity index (χ3v) is 4.86. The Hall–Kier alpha value is -2.42. The van der Waals surface area contributed by atoms with E-state index in [0.29, 0.717) is 25.5 Å². The van der Waals surface area contributed by atoms with E-state index >= 15 is 0 Å². The molecule has 2 fully saturated rings. The van der Waals surface area contributed by atoms with Crippen LogP contribution in [0.5, 0.6) is 5.75 Å². The molecule has 150 valence electrons. The molecule has 0 amide bonds. The van der Waals surface area contributed by atoms with E-state index in [2.05, 4.69) is 9.80 Å². The number of anilines is 1. The quantitative estimate of drug-likeness (QED) is 0.746. The summed E-state index contributed by atoms with van der Waals surface area (Å²) < 4.78 is 34.6. The molecule has 0 atom stereocenters. The number of benzene rings is 1. The highest BCUT2D eigenvalue weighted by Gasteiger charge is 2.20. The first-order valence-electron chi connectivity index (χ1n) is 9.38. The highest BCUT2D eigenvalue weighted by atomic mass is 19.1. The number of nitrogens with zero attached hydrogens (tertiary/aromatic N) is 2. The Morgan fingerprint density at radius 2 is 1.79 bits per heavy atom. The van der Waals surface area contributed by atoms with Crippen LogP contribution in [0.4, 0.5) is 10.1 Å². The highest BCUT2D eigenvalue weighted by molar-refractivity contribution is 5.46. The summed E-state index contributed by atoms with van der Waals surface area (Å²) in [7, 11) is 0. The smallest absolute Gasteiger partial charge is 0.227 e. The number of halogens is 1. The second kappa shape index (κ2) is 8.72. The van der Waals surface area contributed by atoms with Gasteiger partial charge < -0.3 is 23.5 Å². The monoisotopic (exact) mass is 390 g/mol. The average Bonchev–Trinajstić information content (AvgIpc) is 3.22. The van der Waals surface area contributed by atoms with Crippen LogP contribution in [0, 0.1) is 5.82 Å². The normalized spacial score (nSPS) is 18.5. The maximum Gasteiger partial charge on any atom is 0.227 e. The van der Waals surface area contributed by atoms with E-state index in [4.69, 9.17) is 18.6 Å². The molecule has 1 aromatic heterocycles. The predicted octanol–water partition coefficient (Wildman–Crippen LogP) is 1.85. The van der Waals surface area contributed by atoms with Gasteiger partial charge in [-0.3, -0.25) is 9.69 Å². The van der Waals surface area contributed by atoms with Crippen LogP contribution in [0.2, 0.25) is 0 Å². The minimum atomic E-state index is -0.434. The number of ether oxygens (including phenoxy) is 3. The number of hydrogen-bond acceptors (Lipinski definition) is 7. The van der Waals surface area contributed by atoms with Gasteiger partial charge in [0.15, 0.2) is 6.29 Å². The SMILES string of the molecule is O=c1cc(CN2CCN(c3ccc(F)cc3)CC2)occ1OCC1OCCO1. The summed E-state index contributed by atoms with van der Waals surface area (Å²) in [6.45, 7) is 5.12. The van der Waals surface area contributed by atoms with Crippen LogP contribution < -0.4 is 15.1 Å². The average molecular weight is 390 g/mol. The van der Waals surface area contributed by atoms with E-state index < -0.39 is 6.29 Å². The van der Waals surface area contributed by atoms with Gasteiger partial charge in [-0.2, -0.15) is 0 Å². The van der Waals surface area contributed by atoms with Crippen molar-refractivity contribution >= 4 is 5.69 Å². The second-order valence-electron chi connectivity index (χ2n) is 6.80. The van der Waals surface area contributed by atoms with E-state index in [0.717, 1.165) is 31.9 Å². The third kappa shape index (κ3) is 4.70. The van der Waals surface area contributed by atoms with Crippen LogP contribution in [0.25, 0.3) is 0 Å². The Bertz CT molecular complexity index is 827. The van der Waals surface area contributed by atoms with Crippen molar-refractivity contribution in [2.45, 2.75) is 12.8 Å². The molecule has 2 aliphatic rings. The Morgan fingerprint density at radius 1 is 1.07 bits per heavy atom. The summed E-state index contributed by atoms with van der Waals surface area (Å²) in [6, 6.07) is 8.02. The topological polar surface area (TPSA) is 64.4 Å². The lowest BCUT2D eigenvalue weighted by atomic mass is 10.2. The van der Waals surface area contributed by atoms with Crippen molar-refractivity contribution in [3.8, 4) is 5.75 Å². The van der Waals surface area contributed by atoms with Crippen molar-refractivity contribution in [3.05, 3.63) is 58.4 Å². The van der Waals surface area contributed by atoms with E-state index in [1.807, 2.05) is 0 Å². The molecule has 0 radical (unpaired) electrons. The molecular formula is C20H23FN2O5. The molecule has 7 nitrogen and oxygen atoms in total. The van der Waals surface area contributed by atoms with Gasteiger partial charge in [0.25, 0.3) is 0 Å². The van der Waals surface area contributed by atoms with Crippen LogP contribution in [0.3, 0.4) is 0 Å². The third-order valence-electron chi connectivity index (χ3n) is 4.86. The first-order valence-corrected chi connectivity index (χ1v) is 9.38. The Balaban J connectivity index is 1.28. The number of piperazine rings is 1. The molecule has 0 unspecified atom stereocenters. The minimum absolute atomic E-state index is 0.156. The molecule has 0 bridgehead atoms. The molecule has 2 aliphatic heterocycles. The summed E-state index contributed by atoms with van der Waals surface area (Å²) in [5.74, 6) is 0.526. The van der Waals surface area contributed by atoms with Crippen LogP contribution in [0.15, 0.2) is 45.8 Å². The summed E-state index contributed by atoms with van der Waals surface area (Å²) in [5, 5.41) is 0. The molecule has 0 aliphatic carbocycles. The molecule has 1 aromatic carbocycles. The van der Waals surface area contributed by atoms with Gasteiger partial charge in [-0.15, -0.1) is 0 Å². The van der Waals surface area contributed by atoms with Crippen molar-refractivity contribution in [2.75, 3.05) is 50.9 Å². The fourth-order valence-electron chi connectivity index (χ4n) is 3.32. The summed E-state index contributed by atoms with van der Waals surface area (Å²) in [6.07, 6.45) is 0.915.